The van der Waals surface area contributed by atoms with Gasteiger partial charge < -0.3 is 14.8 Å². The Morgan fingerprint density at radius 1 is 1.18 bits per heavy atom. The second kappa shape index (κ2) is 8.66. The Kier molecular flexibility index (Phi) is 6.02. The van der Waals surface area contributed by atoms with Crippen molar-refractivity contribution in [2.45, 2.75) is 70.6 Å². The fourth-order valence-corrected chi connectivity index (χ4v) is 5.50. The maximum Gasteiger partial charge on any atom is 0.222 e. The highest BCUT2D eigenvalue weighted by Gasteiger charge is 2.42. The molecule has 0 radical (unpaired) electrons. The average Bonchev–Trinajstić information content (AvgIpc) is 3.23. The number of H-pyrrole nitrogens is 1. The number of likely N-dealkylation sites (tertiary alicyclic amines) is 2. The molecule has 2 saturated heterocycles. The molecule has 1 aliphatic carbocycles. The first-order valence-electron chi connectivity index (χ1n) is 11.2. The van der Waals surface area contributed by atoms with Crippen LogP contribution in [0.5, 0.6) is 0 Å². The van der Waals surface area contributed by atoms with E-state index < -0.39 is 0 Å². The van der Waals surface area contributed by atoms with Gasteiger partial charge in [-0.2, -0.15) is 0 Å². The predicted octanol–water partition coefficient (Wildman–Crippen LogP) is 3.15. The summed E-state index contributed by atoms with van der Waals surface area (Å²) in [6.07, 6.45) is 15.2. The molecule has 3 fully saturated rings. The lowest BCUT2D eigenvalue weighted by atomic mass is 9.73. The second-order valence-corrected chi connectivity index (χ2v) is 9.27. The topological polar surface area (TPSA) is 69.3 Å². The van der Waals surface area contributed by atoms with Crippen LogP contribution in [0.3, 0.4) is 0 Å². The van der Waals surface area contributed by atoms with E-state index in [0.717, 1.165) is 64.0 Å². The molecule has 3 heterocycles. The number of amides is 2. The van der Waals surface area contributed by atoms with Gasteiger partial charge >= 0.3 is 0 Å². The quantitative estimate of drug-likeness (QED) is 0.845. The number of hydrogen-bond donors (Lipinski definition) is 1. The van der Waals surface area contributed by atoms with Crippen LogP contribution in [0.15, 0.2) is 12.5 Å². The molecule has 154 valence electrons. The van der Waals surface area contributed by atoms with Crippen molar-refractivity contribution in [2.24, 2.45) is 11.3 Å². The standard InChI is InChI=1S/C22H34N4O2/c27-20-7-10-22(16-26(20)12-8-19-14-23-17-24-19)9-4-11-25(15-22)21(28)13-18-5-2-1-3-6-18/h14,17-18H,1-13,15-16H2,(H,23,24)/t22-/m0/s1. The van der Waals surface area contributed by atoms with Crippen molar-refractivity contribution >= 4 is 11.8 Å². The molecule has 2 aliphatic heterocycles. The molecule has 1 saturated carbocycles. The van der Waals surface area contributed by atoms with Crippen LogP contribution < -0.4 is 0 Å². The molecule has 1 aromatic heterocycles. The van der Waals surface area contributed by atoms with Crippen molar-refractivity contribution in [2.75, 3.05) is 26.2 Å². The van der Waals surface area contributed by atoms with Gasteiger partial charge in [0.15, 0.2) is 0 Å². The van der Waals surface area contributed by atoms with E-state index in [9.17, 15) is 9.59 Å². The molecule has 1 aromatic rings. The van der Waals surface area contributed by atoms with Crippen LogP contribution in [-0.2, 0) is 16.0 Å². The fourth-order valence-electron chi connectivity index (χ4n) is 5.50. The van der Waals surface area contributed by atoms with E-state index in [1.54, 1.807) is 6.33 Å². The summed E-state index contributed by atoms with van der Waals surface area (Å²) in [5.41, 5.74) is 1.17. The third-order valence-electron chi connectivity index (χ3n) is 7.16. The molecular weight excluding hydrogens is 352 g/mol. The largest absolute Gasteiger partial charge is 0.348 e. The molecule has 4 rings (SSSR count). The first-order valence-corrected chi connectivity index (χ1v) is 11.2. The van der Waals surface area contributed by atoms with E-state index in [4.69, 9.17) is 0 Å². The number of carbonyl (C=O) groups is 2. The van der Waals surface area contributed by atoms with Crippen LogP contribution in [0.4, 0.5) is 0 Å². The van der Waals surface area contributed by atoms with E-state index in [2.05, 4.69) is 14.9 Å². The van der Waals surface area contributed by atoms with Gasteiger partial charge in [0.05, 0.1) is 6.33 Å². The fraction of sp³-hybridized carbons (Fsp3) is 0.773. The summed E-state index contributed by atoms with van der Waals surface area (Å²) in [7, 11) is 0. The molecule has 28 heavy (non-hydrogen) atoms. The second-order valence-electron chi connectivity index (χ2n) is 9.27. The molecule has 1 atom stereocenters. The summed E-state index contributed by atoms with van der Waals surface area (Å²) in [6.45, 7) is 3.27. The van der Waals surface area contributed by atoms with Gasteiger partial charge in [-0.05, 0) is 38.0 Å². The number of nitrogens with one attached hydrogen (secondary N) is 1. The molecule has 1 N–H and O–H groups in total. The molecule has 6 heteroatoms. The highest BCUT2D eigenvalue weighted by Crippen LogP contribution is 2.39. The van der Waals surface area contributed by atoms with E-state index >= 15 is 0 Å². The van der Waals surface area contributed by atoms with Crippen LogP contribution in [0.25, 0.3) is 0 Å². The van der Waals surface area contributed by atoms with Crippen LogP contribution in [0.1, 0.15) is 69.9 Å². The van der Waals surface area contributed by atoms with Gasteiger partial charge in [-0.25, -0.2) is 4.98 Å². The first kappa shape index (κ1) is 19.5. The predicted molar refractivity (Wildman–Crippen MR) is 108 cm³/mol. The van der Waals surface area contributed by atoms with Crippen molar-refractivity contribution in [3.63, 3.8) is 0 Å². The lowest BCUT2D eigenvalue weighted by Crippen LogP contribution is -2.55. The molecule has 0 bridgehead atoms. The van der Waals surface area contributed by atoms with Gasteiger partial charge in [-0.15, -0.1) is 0 Å². The van der Waals surface area contributed by atoms with E-state index in [-0.39, 0.29) is 11.3 Å². The average molecular weight is 387 g/mol. The van der Waals surface area contributed by atoms with Gasteiger partial charge in [0.2, 0.25) is 11.8 Å². The normalized spacial score (nSPS) is 26.8. The maximum atomic E-state index is 13.0. The van der Waals surface area contributed by atoms with Gasteiger partial charge in [0, 0.05) is 62.7 Å². The molecule has 0 aromatic carbocycles. The minimum atomic E-state index is 0.0996. The maximum absolute atomic E-state index is 13.0. The van der Waals surface area contributed by atoms with Crippen molar-refractivity contribution in [1.82, 2.24) is 19.8 Å². The number of carbonyl (C=O) groups excluding carboxylic acids is 2. The molecule has 6 nitrogen and oxygen atoms in total. The minimum absolute atomic E-state index is 0.0996. The lowest BCUT2D eigenvalue weighted by molar-refractivity contribution is -0.143. The summed E-state index contributed by atoms with van der Waals surface area (Å²) in [5, 5.41) is 0. The van der Waals surface area contributed by atoms with Gasteiger partial charge in [-0.3, -0.25) is 9.59 Å². The van der Waals surface area contributed by atoms with Crippen molar-refractivity contribution < 1.29 is 9.59 Å². The Bertz CT molecular complexity index is 668. The number of nitrogens with zero attached hydrogens (tertiary/aromatic N) is 3. The summed E-state index contributed by atoms with van der Waals surface area (Å²) in [5.74, 6) is 1.21. The summed E-state index contributed by atoms with van der Waals surface area (Å²) in [4.78, 5) is 36.8. The van der Waals surface area contributed by atoms with Gasteiger partial charge in [-0.1, -0.05) is 19.3 Å². The number of rotatable bonds is 5. The summed E-state index contributed by atoms with van der Waals surface area (Å²) in [6, 6.07) is 0. The van der Waals surface area contributed by atoms with Crippen molar-refractivity contribution in [1.29, 1.82) is 0 Å². The lowest BCUT2D eigenvalue weighted by Gasteiger charge is -2.48. The molecule has 1 spiro atoms. The van der Waals surface area contributed by atoms with Crippen molar-refractivity contribution in [3.8, 4) is 0 Å². The van der Waals surface area contributed by atoms with Crippen LogP contribution in [0.2, 0.25) is 0 Å². The monoisotopic (exact) mass is 386 g/mol. The number of aromatic nitrogens is 2. The first-order chi connectivity index (χ1) is 13.6. The van der Waals surface area contributed by atoms with Crippen LogP contribution in [-0.4, -0.2) is 57.8 Å². The number of imidazole rings is 1. The zero-order valence-corrected chi connectivity index (χ0v) is 17.0. The Morgan fingerprint density at radius 3 is 2.82 bits per heavy atom. The van der Waals surface area contributed by atoms with E-state index in [0.29, 0.717) is 18.2 Å². The van der Waals surface area contributed by atoms with E-state index in [1.807, 2.05) is 11.1 Å². The zero-order chi connectivity index (χ0) is 19.4. The molecule has 2 amide bonds. The Labute approximate surface area is 168 Å². The molecular formula is C22H34N4O2. The highest BCUT2D eigenvalue weighted by atomic mass is 16.2. The smallest absolute Gasteiger partial charge is 0.222 e. The SMILES string of the molecule is O=C1CC[C@]2(CCCN(C(=O)CC3CCCCC3)C2)CN1CCc1cnc[nH]1. The van der Waals surface area contributed by atoms with Gasteiger partial charge in [0.1, 0.15) is 0 Å². The number of hydrogen-bond acceptors (Lipinski definition) is 3. The Balaban J connectivity index is 1.34. The minimum Gasteiger partial charge on any atom is -0.348 e. The molecule has 0 unspecified atom stereocenters. The van der Waals surface area contributed by atoms with Crippen LogP contribution >= 0.6 is 0 Å². The highest BCUT2D eigenvalue weighted by molar-refractivity contribution is 5.78. The van der Waals surface area contributed by atoms with Crippen LogP contribution in [0, 0.1) is 11.3 Å². The van der Waals surface area contributed by atoms with E-state index in [1.165, 1.54) is 32.1 Å². The summed E-state index contributed by atoms with van der Waals surface area (Å²) >= 11 is 0. The zero-order valence-electron chi connectivity index (χ0n) is 17.0. The molecule has 3 aliphatic rings. The number of piperidine rings is 2. The summed E-state index contributed by atoms with van der Waals surface area (Å²) < 4.78 is 0. The Hall–Kier alpha value is -1.85. The van der Waals surface area contributed by atoms with Gasteiger partial charge in [0.25, 0.3) is 0 Å². The third-order valence-corrected chi connectivity index (χ3v) is 7.16. The third kappa shape index (κ3) is 4.58. The Morgan fingerprint density at radius 2 is 2.04 bits per heavy atom. The van der Waals surface area contributed by atoms with Crippen molar-refractivity contribution in [3.05, 3.63) is 18.2 Å². The number of aromatic amines is 1.